The van der Waals surface area contributed by atoms with Gasteiger partial charge in [-0.25, -0.2) is 0 Å². The molecule has 5 heteroatoms. The van der Waals surface area contributed by atoms with E-state index in [9.17, 15) is 0 Å². The molecule has 56 valence electrons. The van der Waals surface area contributed by atoms with Crippen molar-refractivity contribution in [1.82, 2.24) is 20.4 Å². The molecule has 11 heavy (non-hydrogen) atoms. The molecular formula is C6H7N5. The van der Waals surface area contributed by atoms with Gasteiger partial charge in [-0.2, -0.15) is 10.2 Å². The third-order valence-electron chi connectivity index (χ3n) is 1.47. The number of hydrogen-bond acceptors (Lipinski definition) is 4. The van der Waals surface area contributed by atoms with Crippen molar-refractivity contribution in [3.63, 3.8) is 0 Å². The molecule has 2 rings (SSSR count). The Morgan fingerprint density at radius 3 is 3.09 bits per heavy atom. The lowest BCUT2D eigenvalue weighted by Crippen LogP contribution is -1.87. The van der Waals surface area contributed by atoms with Crippen LogP contribution in [0.2, 0.25) is 0 Å². The molecule has 0 unspecified atom stereocenters. The highest BCUT2D eigenvalue weighted by Gasteiger charge is 2.02. The van der Waals surface area contributed by atoms with E-state index in [2.05, 4.69) is 20.4 Å². The van der Waals surface area contributed by atoms with Crippen molar-refractivity contribution in [2.75, 3.05) is 5.73 Å². The van der Waals surface area contributed by atoms with Crippen LogP contribution < -0.4 is 5.73 Å². The Bertz CT molecular complexity index is 391. The normalized spacial score (nSPS) is 10.6. The summed E-state index contributed by atoms with van der Waals surface area (Å²) in [6.07, 6.45) is 0. The van der Waals surface area contributed by atoms with Crippen LogP contribution in [-0.2, 0) is 0 Å². The number of aryl methyl sites for hydroxylation is 1. The van der Waals surface area contributed by atoms with Crippen molar-refractivity contribution in [2.45, 2.75) is 6.92 Å². The van der Waals surface area contributed by atoms with Crippen LogP contribution in [0, 0.1) is 6.92 Å². The molecule has 0 spiro atoms. The summed E-state index contributed by atoms with van der Waals surface area (Å²) in [7, 11) is 0. The zero-order chi connectivity index (χ0) is 7.84. The molecule has 0 atom stereocenters. The van der Waals surface area contributed by atoms with Crippen molar-refractivity contribution in [3.8, 4) is 0 Å². The van der Waals surface area contributed by atoms with E-state index in [-0.39, 0.29) is 0 Å². The van der Waals surface area contributed by atoms with E-state index in [0.717, 1.165) is 11.1 Å². The van der Waals surface area contributed by atoms with Gasteiger partial charge in [0.25, 0.3) is 0 Å². The molecule has 0 saturated carbocycles. The van der Waals surface area contributed by atoms with E-state index in [1.807, 2.05) is 13.0 Å². The fraction of sp³-hybridized carbons (Fsp3) is 0.167. The van der Waals surface area contributed by atoms with Crippen molar-refractivity contribution in [2.24, 2.45) is 0 Å². The second-order valence-corrected chi connectivity index (χ2v) is 2.36. The maximum Gasteiger partial charge on any atom is 0.204 e. The van der Waals surface area contributed by atoms with Crippen LogP contribution in [0.4, 0.5) is 5.82 Å². The summed E-state index contributed by atoms with van der Waals surface area (Å²) in [4.78, 5) is 0. The molecular weight excluding hydrogens is 142 g/mol. The smallest absolute Gasteiger partial charge is 0.204 e. The topological polar surface area (TPSA) is 80.5 Å². The Balaban J connectivity index is 2.87. The summed E-state index contributed by atoms with van der Waals surface area (Å²) < 4.78 is 0. The number of anilines is 1. The number of rotatable bonds is 0. The number of fused-ring (bicyclic) bond motifs is 1. The summed E-state index contributed by atoms with van der Waals surface area (Å²) in [5, 5.41) is 15.0. The summed E-state index contributed by atoms with van der Waals surface area (Å²) in [6.45, 7) is 1.86. The predicted molar refractivity (Wildman–Crippen MR) is 40.8 cm³/mol. The lowest BCUT2D eigenvalue weighted by Gasteiger charge is -1.88. The van der Waals surface area contributed by atoms with Crippen LogP contribution in [0.25, 0.3) is 11.0 Å². The third-order valence-corrected chi connectivity index (χ3v) is 1.47. The number of hydrogen-bond donors (Lipinski definition) is 2. The molecule has 5 nitrogen and oxygen atoms in total. The Morgan fingerprint density at radius 2 is 2.27 bits per heavy atom. The number of nitrogens with two attached hydrogens (primary N) is 1. The zero-order valence-electron chi connectivity index (χ0n) is 6.00. The molecule has 0 radical (unpaired) electrons. The fourth-order valence-electron chi connectivity index (χ4n) is 0.937. The molecule has 3 N–H and O–H groups in total. The van der Waals surface area contributed by atoms with Crippen molar-refractivity contribution < 1.29 is 0 Å². The first-order chi connectivity index (χ1) is 5.27. The van der Waals surface area contributed by atoms with Gasteiger partial charge >= 0.3 is 0 Å². The monoisotopic (exact) mass is 149 g/mol. The number of aromatic nitrogens is 4. The number of nitrogens with zero attached hydrogens (tertiary/aromatic N) is 3. The molecule has 2 aromatic rings. The highest BCUT2D eigenvalue weighted by molar-refractivity contribution is 5.85. The lowest BCUT2D eigenvalue weighted by molar-refractivity contribution is 0.988. The Labute approximate surface area is 62.6 Å². The van der Waals surface area contributed by atoms with E-state index in [1.54, 1.807) is 0 Å². The average Bonchev–Trinajstić information content (AvgIpc) is 2.33. The largest absolute Gasteiger partial charge is 0.384 e. The second-order valence-electron chi connectivity index (χ2n) is 2.36. The van der Waals surface area contributed by atoms with Gasteiger partial charge in [0.05, 0.1) is 11.1 Å². The van der Waals surface area contributed by atoms with Crippen LogP contribution in [0.1, 0.15) is 5.69 Å². The van der Waals surface area contributed by atoms with E-state index < -0.39 is 0 Å². The van der Waals surface area contributed by atoms with Crippen LogP contribution in [0.3, 0.4) is 0 Å². The van der Waals surface area contributed by atoms with Gasteiger partial charge in [-0.1, -0.05) is 0 Å². The molecule has 0 saturated heterocycles. The van der Waals surface area contributed by atoms with Gasteiger partial charge in [-0.05, 0) is 13.0 Å². The molecule has 0 fully saturated rings. The standard InChI is InChI=1S/C6H7N5/c1-3-2-4-5(7)9-11-6(4)10-8-3/h2H,1H3,(H3,7,9,10,11). The molecule has 0 bridgehead atoms. The molecule has 0 amide bonds. The molecule has 0 aliphatic rings. The van der Waals surface area contributed by atoms with Gasteiger partial charge < -0.3 is 5.73 Å². The van der Waals surface area contributed by atoms with E-state index >= 15 is 0 Å². The van der Waals surface area contributed by atoms with Crippen molar-refractivity contribution in [3.05, 3.63) is 11.8 Å². The molecule has 2 aromatic heterocycles. The first kappa shape index (κ1) is 6.09. The Kier molecular flexibility index (Phi) is 1.06. The molecule has 0 aliphatic carbocycles. The first-order valence-corrected chi connectivity index (χ1v) is 3.21. The minimum atomic E-state index is 0.540. The number of nitrogen functional groups attached to an aromatic ring is 1. The maximum absolute atomic E-state index is 5.56. The molecule has 2 heterocycles. The van der Waals surface area contributed by atoms with E-state index in [0.29, 0.717) is 11.5 Å². The lowest BCUT2D eigenvalue weighted by atomic mass is 10.3. The van der Waals surface area contributed by atoms with Gasteiger partial charge in [0.15, 0.2) is 0 Å². The van der Waals surface area contributed by atoms with Gasteiger partial charge in [0.2, 0.25) is 5.65 Å². The summed E-state index contributed by atoms with van der Waals surface area (Å²) in [5.74, 6) is 0.540. The second kappa shape index (κ2) is 1.91. The van der Waals surface area contributed by atoms with Crippen LogP contribution in [-0.4, -0.2) is 20.4 Å². The van der Waals surface area contributed by atoms with Gasteiger partial charge in [-0.3, -0.25) is 5.10 Å². The first-order valence-electron chi connectivity index (χ1n) is 3.21. The van der Waals surface area contributed by atoms with Gasteiger partial charge in [-0.15, -0.1) is 5.10 Å². The number of H-pyrrole nitrogens is 1. The Morgan fingerprint density at radius 1 is 1.45 bits per heavy atom. The SMILES string of the molecule is Cc1cc2c(N)[nH]nc2nn1. The van der Waals surface area contributed by atoms with Gasteiger partial charge in [0, 0.05) is 0 Å². The quantitative estimate of drug-likeness (QED) is 0.562. The molecule has 0 aliphatic heterocycles. The van der Waals surface area contributed by atoms with Crippen LogP contribution >= 0.6 is 0 Å². The predicted octanol–water partition coefficient (Wildman–Crippen LogP) is 0.244. The summed E-state index contributed by atoms with van der Waals surface area (Å²) >= 11 is 0. The van der Waals surface area contributed by atoms with Crippen LogP contribution in [0.5, 0.6) is 0 Å². The maximum atomic E-state index is 5.56. The van der Waals surface area contributed by atoms with Crippen molar-refractivity contribution in [1.29, 1.82) is 0 Å². The van der Waals surface area contributed by atoms with E-state index in [4.69, 9.17) is 5.73 Å². The van der Waals surface area contributed by atoms with Crippen LogP contribution in [0.15, 0.2) is 6.07 Å². The summed E-state index contributed by atoms with van der Waals surface area (Å²) in [5.41, 5.74) is 6.96. The molecule has 0 aromatic carbocycles. The highest BCUT2D eigenvalue weighted by atomic mass is 15.2. The minimum absolute atomic E-state index is 0.540. The van der Waals surface area contributed by atoms with Gasteiger partial charge in [0.1, 0.15) is 5.82 Å². The minimum Gasteiger partial charge on any atom is -0.384 e. The zero-order valence-corrected chi connectivity index (χ0v) is 6.00. The summed E-state index contributed by atoms with van der Waals surface area (Å²) in [6, 6.07) is 1.85. The average molecular weight is 149 g/mol. The highest BCUT2D eigenvalue weighted by Crippen LogP contribution is 2.14. The number of aromatic amines is 1. The third kappa shape index (κ3) is 0.813. The number of nitrogens with one attached hydrogen (secondary N) is 1. The Hall–Kier alpha value is -1.65. The van der Waals surface area contributed by atoms with E-state index in [1.165, 1.54) is 0 Å². The fourth-order valence-corrected chi connectivity index (χ4v) is 0.937. The van der Waals surface area contributed by atoms with Crippen molar-refractivity contribution >= 4 is 16.9 Å².